The standard InChI is InChI=1S/C18H19F3N4O6S/c1-7-4-11(18(19,20)21)23-25(7)8(2)14(27)22-12-15(28)24-13(17(29)30)10(5-31-9(3)26)6-32-16(12)24/h4,8,12,16H,5-6H2,1-3H3,(H,22,27)(H,29,30)/t8-,12-,16-/m1/s1. The number of aromatic nitrogens is 2. The Hall–Kier alpha value is -3.03. The summed E-state index contributed by atoms with van der Waals surface area (Å²) in [5.41, 5.74) is -1.09. The van der Waals surface area contributed by atoms with Crippen LogP contribution >= 0.6 is 11.8 Å². The number of rotatable bonds is 6. The van der Waals surface area contributed by atoms with Crippen molar-refractivity contribution in [2.45, 2.75) is 44.4 Å². The summed E-state index contributed by atoms with van der Waals surface area (Å²) in [5, 5.41) is 14.7. The second-order valence-corrected chi connectivity index (χ2v) is 8.33. The largest absolute Gasteiger partial charge is 0.477 e. The third-order valence-corrected chi connectivity index (χ3v) is 6.30. The number of carboxylic acids is 1. The van der Waals surface area contributed by atoms with E-state index in [-0.39, 0.29) is 29.3 Å². The Labute approximate surface area is 183 Å². The third-order valence-electron chi connectivity index (χ3n) is 4.96. The van der Waals surface area contributed by atoms with Crippen LogP contribution < -0.4 is 5.32 Å². The summed E-state index contributed by atoms with van der Waals surface area (Å²) in [6, 6.07) is -1.39. The van der Waals surface area contributed by atoms with Crippen LogP contribution in [-0.4, -0.2) is 67.3 Å². The maximum absolute atomic E-state index is 12.9. The van der Waals surface area contributed by atoms with E-state index in [1.807, 2.05) is 0 Å². The molecular weight excluding hydrogens is 457 g/mol. The molecule has 0 radical (unpaired) electrons. The molecule has 1 aromatic heterocycles. The number of β-lactam (4-membered cyclic amide) rings is 1. The summed E-state index contributed by atoms with van der Waals surface area (Å²) in [6.45, 7) is 3.59. The molecule has 1 saturated heterocycles. The molecule has 0 aliphatic carbocycles. The van der Waals surface area contributed by atoms with Crippen molar-refractivity contribution in [2.75, 3.05) is 12.4 Å². The number of amides is 2. The third kappa shape index (κ3) is 4.31. The highest BCUT2D eigenvalue weighted by molar-refractivity contribution is 8.00. The van der Waals surface area contributed by atoms with Gasteiger partial charge < -0.3 is 15.2 Å². The number of aliphatic carboxylic acids is 1. The first-order valence-electron chi connectivity index (χ1n) is 9.30. The number of carbonyl (C=O) groups is 4. The maximum atomic E-state index is 12.9. The van der Waals surface area contributed by atoms with E-state index in [1.54, 1.807) is 0 Å². The molecule has 14 heteroatoms. The summed E-state index contributed by atoms with van der Waals surface area (Å²) in [7, 11) is 0. The summed E-state index contributed by atoms with van der Waals surface area (Å²) < 4.78 is 44.4. The quantitative estimate of drug-likeness (QED) is 0.461. The van der Waals surface area contributed by atoms with Gasteiger partial charge in [0.25, 0.3) is 5.91 Å². The van der Waals surface area contributed by atoms with E-state index in [0.717, 1.165) is 15.6 Å². The van der Waals surface area contributed by atoms with Gasteiger partial charge in [-0.3, -0.25) is 24.0 Å². The van der Waals surface area contributed by atoms with Crippen molar-refractivity contribution in [3.63, 3.8) is 0 Å². The molecule has 3 atom stereocenters. The Balaban J connectivity index is 1.74. The number of esters is 1. The molecule has 1 fully saturated rings. The molecule has 0 spiro atoms. The van der Waals surface area contributed by atoms with Gasteiger partial charge in [-0.2, -0.15) is 18.3 Å². The van der Waals surface area contributed by atoms with E-state index in [2.05, 4.69) is 10.4 Å². The Morgan fingerprint density at radius 2 is 2.06 bits per heavy atom. The van der Waals surface area contributed by atoms with Gasteiger partial charge in [0.05, 0.1) is 0 Å². The molecule has 0 unspecified atom stereocenters. The maximum Gasteiger partial charge on any atom is 0.435 e. The van der Waals surface area contributed by atoms with Crippen molar-refractivity contribution in [1.29, 1.82) is 0 Å². The fourth-order valence-corrected chi connectivity index (χ4v) is 4.71. The van der Waals surface area contributed by atoms with Crippen molar-refractivity contribution in [3.05, 3.63) is 28.7 Å². The fraction of sp³-hybridized carbons (Fsp3) is 0.500. The fourth-order valence-electron chi connectivity index (χ4n) is 3.39. The number of ether oxygens (including phenoxy) is 1. The smallest absolute Gasteiger partial charge is 0.435 e. The molecule has 2 aliphatic heterocycles. The minimum atomic E-state index is -4.67. The minimum absolute atomic E-state index is 0.111. The second-order valence-electron chi connectivity index (χ2n) is 7.22. The molecule has 10 nitrogen and oxygen atoms in total. The zero-order valence-corrected chi connectivity index (χ0v) is 17.9. The number of thioether (sulfide) groups is 1. The number of hydrogen-bond acceptors (Lipinski definition) is 7. The van der Waals surface area contributed by atoms with Crippen LogP contribution in [0.2, 0.25) is 0 Å². The lowest BCUT2D eigenvalue weighted by Gasteiger charge is -2.49. The number of nitrogens with zero attached hydrogens (tertiary/aromatic N) is 3. The number of hydrogen-bond donors (Lipinski definition) is 2. The number of carbonyl (C=O) groups excluding carboxylic acids is 3. The lowest BCUT2D eigenvalue weighted by atomic mass is 10.0. The lowest BCUT2D eigenvalue weighted by Crippen LogP contribution is -2.71. The molecule has 0 bridgehead atoms. The monoisotopic (exact) mass is 476 g/mol. The van der Waals surface area contributed by atoms with Crippen molar-refractivity contribution >= 4 is 35.5 Å². The summed E-state index contributed by atoms with van der Waals surface area (Å²) in [6.07, 6.45) is -4.67. The minimum Gasteiger partial charge on any atom is -0.477 e. The van der Waals surface area contributed by atoms with E-state index in [1.165, 1.54) is 32.5 Å². The molecule has 0 saturated carbocycles. The zero-order chi connectivity index (χ0) is 24.0. The van der Waals surface area contributed by atoms with Crippen LogP contribution in [0.4, 0.5) is 13.2 Å². The molecule has 32 heavy (non-hydrogen) atoms. The van der Waals surface area contributed by atoms with Gasteiger partial charge in [0.2, 0.25) is 5.91 Å². The Morgan fingerprint density at radius 3 is 2.59 bits per heavy atom. The highest BCUT2D eigenvalue weighted by atomic mass is 32.2. The Morgan fingerprint density at radius 1 is 1.41 bits per heavy atom. The first-order chi connectivity index (χ1) is 14.8. The number of aryl methyl sites for hydroxylation is 1. The van der Waals surface area contributed by atoms with Gasteiger partial charge in [0, 0.05) is 23.9 Å². The summed E-state index contributed by atoms with van der Waals surface area (Å²) >= 11 is 1.17. The van der Waals surface area contributed by atoms with Gasteiger partial charge in [0.1, 0.15) is 29.8 Å². The van der Waals surface area contributed by atoms with Gasteiger partial charge in [-0.1, -0.05) is 0 Å². The molecule has 3 rings (SSSR count). The van der Waals surface area contributed by atoms with Crippen LogP contribution in [0.3, 0.4) is 0 Å². The van der Waals surface area contributed by atoms with Crippen LogP contribution in [-0.2, 0) is 30.1 Å². The number of alkyl halides is 3. The number of nitrogens with one attached hydrogen (secondary N) is 1. The van der Waals surface area contributed by atoms with Crippen molar-refractivity contribution < 1.29 is 42.2 Å². The van der Waals surface area contributed by atoms with Gasteiger partial charge in [-0.25, -0.2) is 4.79 Å². The zero-order valence-electron chi connectivity index (χ0n) is 17.1. The lowest BCUT2D eigenvalue weighted by molar-refractivity contribution is -0.151. The molecular formula is C18H19F3N4O6S. The van der Waals surface area contributed by atoms with Crippen LogP contribution in [0.1, 0.15) is 31.3 Å². The van der Waals surface area contributed by atoms with Gasteiger partial charge >= 0.3 is 18.1 Å². The molecule has 1 aromatic rings. The van der Waals surface area contributed by atoms with Crippen LogP contribution in [0.5, 0.6) is 0 Å². The number of halogens is 3. The molecule has 2 amide bonds. The summed E-state index contributed by atoms with van der Waals surface area (Å²) in [5.74, 6) is -3.26. The van der Waals surface area contributed by atoms with Gasteiger partial charge in [0.15, 0.2) is 5.69 Å². The number of carboxylic acid groups (broad SMARTS) is 1. The predicted octanol–water partition coefficient (Wildman–Crippen LogP) is 1.07. The first kappa shape index (κ1) is 23.6. The summed E-state index contributed by atoms with van der Waals surface area (Å²) in [4.78, 5) is 49.0. The second kappa shape index (κ2) is 8.48. The normalized spacial score (nSPS) is 21.6. The number of fused-ring (bicyclic) bond motifs is 1. The van der Waals surface area contributed by atoms with Crippen molar-refractivity contribution in [2.24, 2.45) is 0 Å². The highest BCUT2D eigenvalue weighted by Gasteiger charge is 2.54. The Bertz CT molecular complexity index is 1020. The van der Waals surface area contributed by atoms with Crippen LogP contribution in [0.15, 0.2) is 17.3 Å². The van der Waals surface area contributed by atoms with E-state index >= 15 is 0 Å². The average molecular weight is 476 g/mol. The van der Waals surface area contributed by atoms with E-state index in [4.69, 9.17) is 4.74 Å². The van der Waals surface area contributed by atoms with Gasteiger partial charge in [-0.05, 0) is 19.9 Å². The highest BCUT2D eigenvalue weighted by Crippen LogP contribution is 2.40. The first-order valence-corrected chi connectivity index (χ1v) is 10.3. The van der Waals surface area contributed by atoms with Gasteiger partial charge in [-0.15, -0.1) is 11.8 Å². The average Bonchev–Trinajstić information content (AvgIpc) is 3.10. The Kier molecular flexibility index (Phi) is 6.26. The SMILES string of the molecule is CC(=O)OCC1=C(C(=O)O)N2C(=O)[C@@H](NC(=O)[C@@H](C)n3nc(C(F)(F)F)cc3C)[C@H]2SC1. The molecule has 174 valence electrons. The predicted molar refractivity (Wildman–Crippen MR) is 103 cm³/mol. The van der Waals surface area contributed by atoms with E-state index in [9.17, 15) is 37.5 Å². The van der Waals surface area contributed by atoms with Crippen LogP contribution in [0.25, 0.3) is 0 Å². The van der Waals surface area contributed by atoms with E-state index in [0.29, 0.717) is 0 Å². The van der Waals surface area contributed by atoms with Crippen molar-refractivity contribution in [1.82, 2.24) is 20.0 Å². The topological polar surface area (TPSA) is 131 Å². The van der Waals surface area contributed by atoms with E-state index < -0.39 is 53.1 Å². The molecule has 2 aliphatic rings. The molecule has 0 aromatic carbocycles. The van der Waals surface area contributed by atoms with Crippen LogP contribution in [0, 0.1) is 6.92 Å². The molecule has 2 N–H and O–H groups in total. The van der Waals surface area contributed by atoms with Crippen molar-refractivity contribution in [3.8, 4) is 0 Å². The molecule has 3 heterocycles.